The molecule has 0 radical (unpaired) electrons. The maximum atomic E-state index is 10.4. The smallest absolute Gasteiger partial charge is 0.250 e. The summed E-state index contributed by atoms with van der Waals surface area (Å²) in [6.07, 6.45) is 1.48. The Balaban J connectivity index is 0.000000211. The van der Waals surface area contributed by atoms with Crippen LogP contribution in [-0.4, -0.2) is 25.1 Å². The van der Waals surface area contributed by atoms with Crippen LogP contribution in [0, 0.1) is 13.8 Å². The molecule has 116 valence electrons. The molecule has 0 aliphatic rings. The quantitative estimate of drug-likeness (QED) is 0.723. The van der Waals surface area contributed by atoms with Gasteiger partial charge in [-0.1, -0.05) is 44.2 Å². The van der Waals surface area contributed by atoms with E-state index in [-0.39, 0.29) is 5.56 Å². The number of hydrogen-bond donors (Lipinski definition) is 2. The minimum atomic E-state index is -0.0995. The molecule has 2 heterocycles. The molecule has 2 N–H and O–H groups in total. The third kappa shape index (κ3) is 5.70. The van der Waals surface area contributed by atoms with Gasteiger partial charge in [0.05, 0.1) is 0 Å². The Morgan fingerprint density at radius 1 is 0.955 bits per heavy atom. The van der Waals surface area contributed by atoms with E-state index in [0.717, 1.165) is 17.2 Å². The van der Waals surface area contributed by atoms with Crippen LogP contribution in [0.4, 0.5) is 0 Å². The van der Waals surface area contributed by atoms with Crippen LogP contribution in [0.1, 0.15) is 25.5 Å². The Kier molecular flexibility index (Phi) is 7.25. The largest absolute Gasteiger partial charge is 0.311 e. The summed E-state index contributed by atoms with van der Waals surface area (Å²) in [4.78, 5) is 20.9. The molecule has 3 aromatic rings. The average molecular weight is 299 g/mol. The van der Waals surface area contributed by atoms with Crippen LogP contribution >= 0.6 is 0 Å². The van der Waals surface area contributed by atoms with Gasteiger partial charge in [0, 0.05) is 17.8 Å². The zero-order valence-corrected chi connectivity index (χ0v) is 13.3. The maximum absolute atomic E-state index is 10.4. The van der Waals surface area contributed by atoms with Gasteiger partial charge in [-0.15, -0.1) is 0 Å². The maximum Gasteiger partial charge on any atom is 0.250 e. The molecule has 0 spiro atoms. The number of H-pyrrole nitrogens is 2. The van der Waals surface area contributed by atoms with Crippen molar-refractivity contribution < 1.29 is 0 Å². The van der Waals surface area contributed by atoms with Crippen molar-refractivity contribution >= 4 is 0 Å². The number of aromatic nitrogens is 5. The lowest BCUT2D eigenvalue weighted by molar-refractivity contribution is 1.02. The summed E-state index contributed by atoms with van der Waals surface area (Å²) in [5.74, 6) is 2.25. The Morgan fingerprint density at radius 2 is 1.64 bits per heavy atom. The Labute approximate surface area is 129 Å². The fraction of sp³-hybridized carbons (Fsp3) is 0.250. The molecule has 0 aliphatic heterocycles. The standard InChI is InChI=1S/C9H9N3.C5H6N2O.C2H6/c1-7-10-9(12-11-7)8-5-3-2-4-6-8;1-4-6-3-2-5(8)7-4;1-2/h2-6H,1H3,(H,10,11,12);2-3H,1H3,(H,6,7,8);1-2H3. The first-order chi connectivity index (χ1) is 10.6. The van der Waals surface area contributed by atoms with Crippen molar-refractivity contribution in [2.75, 3.05) is 0 Å². The van der Waals surface area contributed by atoms with E-state index in [4.69, 9.17) is 0 Å². The van der Waals surface area contributed by atoms with E-state index >= 15 is 0 Å². The predicted molar refractivity (Wildman–Crippen MR) is 87.5 cm³/mol. The number of benzene rings is 1. The third-order valence-corrected chi connectivity index (χ3v) is 2.43. The van der Waals surface area contributed by atoms with Gasteiger partial charge < -0.3 is 4.98 Å². The van der Waals surface area contributed by atoms with Gasteiger partial charge in [-0.3, -0.25) is 9.89 Å². The van der Waals surface area contributed by atoms with E-state index in [9.17, 15) is 4.79 Å². The lowest BCUT2D eigenvalue weighted by Gasteiger charge is -1.90. The highest BCUT2D eigenvalue weighted by Gasteiger charge is 2.00. The van der Waals surface area contributed by atoms with E-state index in [1.807, 2.05) is 51.1 Å². The molecule has 0 saturated heterocycles. The molecule has 1 aromatic carbocycles. The number of nitrogens with one attached hydrogen (secondary N) is 2. The molecule has 0 aliphatic carbocycles. The van der Waals surface area contributed by atoms with Crippen LogP contribution < -0.4 is 5.56 Å². The third-order valence-electron chi connectivity index (χ3n) is 2.43. The summed E-state index contributed by atoms with van der Waals surface area (Å²) in [5.41, 5.74) is 0.944. The van der Waals surface area contributed by atoms with E-state index in [0.29, 0.717) is 5.82 Å². The summed E-state index contributed by atoms with van der Waals surface area (Å²) in [7, 11) is 0. The molecule has 0 fully saturated rings. The molecule has 0 atom stereocenters. The summed E-state index contributed by atoms with van der Waals surface area (Å²) in [6, 6.07) is 11.3. The van der Waals surface area contributed by atoms with Gasteiger partial charge in [0.25, 0.3) is 5.56 Å². The van der Waals surface area contributed by atoms with Crippen LogP contribution in [0.3, 0.4) is 0 Å². The molecule has 0 bridgehead atoms. The topological polar surface area (TPSA) is 87.3 Å². The van der Waals surface area contributed by atoms with E-state index in [1.165, 1.54) is 12.3 Å². The van der Waals surface area contributed by atoms with Gasteiger partial charge in [-0.05, 0) is 13.8 Å². The minimum absolute atomic E-state index is 0.0995. The second-order valence-corrected chi connectivity index (χ2v) is 4.13. The Hall–Kier alpha value is -2.76. The van der Waals surface area contributed by atoms with Crippen molar-refractivity contribution in [2.45, 2.75) is 27.7 Å². The van der Waals surface area contributed by atoms with Crippen molar-refractivity contribution in [3.05, 3.63) is 64.6 Å². The number of aromatic amines is 2. The van der Waals surface area contributed by atoms with Crippen molar-refractivity contribution in [1.29, 1.82) is 0 Å². The zero-order chi connectivity index (χ0) is 16.4. The van der Waals surface area contributed by atoms with Crippen LogP contribution in [0.5, 0.6) is 0 Å². The molecule has 22 heavy (non-hydrogen) atoms. The highest BCUT2D eigenvalue weighted by molar-refractivity contribution is 5.53. The lowest BCUT2D eigenvalue weighted by Crippen LogP contribution is -2.05. The minimum Gasteiger partial charge on any atom is -0.311 e. The molecule has 2 aromatic heterocycles. The van der Waals surface area contributed by atoms with E-state index < -0.39 is 0 Å². The first-order valence-electron chi connectivity index (χ1n) is 7.11. The molecule has 0 amide bonds. The SMILES string of the molecule is CC.Cc1nc(-c2ccccc2)n[nH]1.Cc1nccc(=O)[nH]1. The van der Waals surface area contributed by atoms with Gasteiger partial charge in [0.1, 0.15) is 11.6 Å². The molecular weight excluding hydrogens is 278 g/mol. The number of aryl methyl sites for hydroxylation is 2. The highest BCUT2D eigenvalue weighted by Crippen LogP contribution is 2.12. The first kappa shape index (κ1) is 17.3. The number of rotatable bonds is 1. The number of hydrogen-bond acceptors (Lipinski definition) is 4. The summed E-state index contributed by atoms with van der Waals surface area (Å²) in [6.45, 7) is 7.63. The summed E-state index contributed by atoms with van der Waals surface area (Å²) in [5, 5.41) is 6.86. The molecular formula is C16H21N5O. The Morgan fingerprint density at radius 3 is 2.09 bits per heavy atom. The second-order valence-electron chi connectivity index (χ2n) is 4.13. The average Bonchev–Trinajstić information content (AvgIpc) is 2.97. The molecule has 3 rings (SSSR count). The first-order valence-corrected chi connectivity index (χ1v) is 7.11. The van der Waals surface area contributed by atoms with Crippen molar-refractivity contribution in [1.82, 2.24) is 25.1 Å². The highest BCUT2D eigenvalue weighted by atomic mass is 16.1. The van der Waals surface area contributed by atoms with Gasteiger partial charge in [0.15, 0.2) is 5.82 Å². The van der Waals surface area contributed by atoms with Gasteiger partial charge in [-0.25, -0.2) is 9.97 Å². The van der Waals surface area contributed by atoms with Crippen molar-refractivity contribution in [2.24, 2.45) is 0 Å². The molecule has 0 saturated carbocycles. The van der Waals surface area contributed by atoms with Crippen LogP contribution in [0.25, 0.3) is 11.4 Å². The fourth-order valence-electron chi connectivity index (χ4n) is 1.53. The van der Waals surface area contributed by atoms with Gasteiger partial charge >= 0.3 is 0 Å². The second kappa shape index (κ2) is 9.23. The van der Waals surface area contributed by atoms with Crippen LogP contribution in [-0.2, 0) is 0 Å². The van der Waals surface area contributed by atoms with Crippen molar-refractivity contribution in [3.8, 4) is 11.4 Å². The summed E-state index contributed by atoms with van der Waals surface area (Å²) >= 11 is 0. The van der Waals surface area contributed by atoms with E-state index in [1.54, 1.807) is 6.92 Å². The fourth-order valence-corrected chi connectivity index (χ4v) is 1.53. The van der Waals surface area contributed by atoms with Gasteiger partial charge in [-0.2, -0.15) is 5.10 Å². The van der Waals surface area contributed by atoms with Crippen LogP contribution in [0.2, 0.25) is 0 Å². The predicted octanol–water partition coefficient (Wildman–Crippen LogP) is 2.88. The Bertz CT molecular complexity index is 718. The monoisotopic (exact) mass is 299 g/mol. The molecule has 0 unspecified atom stereocenters. The van der Waals surface area contributed by atoms with Crippen LogP contribution in [0.15, 0.2) is 47.4 Å². The zero-order valence-electron chi connectivity index (χ0n) is 13.3. The summed E-state index contributed by atoms with van der Waals surface area (Å²) < 4.78 is 0. The normalized spacial score (nSPS) is 9.09. The molecule has 6 nitrogen and oxygen atoms in total. The van der Waals surface area contributed by atoms with E-state index in [2.05, 4.69) is 25.1 Å². The number of nitrogens with zero attached hydrogens (tertiary/aromatic N) is 3. The lowest BCUT2D eigenvalue weighted by atomic mass is 10.2. The van der Waals surface area contributed by atoms with Gasteiger partial charge in [0.2, 0.25) is 0 Å². The molecule has 6 heteroatoms. The van der Waals surface area contributed by atoms with Crippen molar-refractivity contribution in [3.63, 3.8) is 0 Å².